The van der Waals surface area contributed by atoms with Gasteiger partial charge < -0.3 is 9.42 Å². The maximum atomic E-state index is 13.9. The second-order valence-electron chi connectivity index (χ2n) is 8.27. The summed E-state index contributed by atoms with van der Waals surface area (Å²) in [5.74, 6) is -1.06. The van der Waals surface area contributed by atoms with Crippen LogP contribution in [-0.2, 0) is 13.2 Å². The fraction of sp³-hybridized carbons (Fsp3) is 0.476. The van der Waals surface area contributed by atoms with Gasteiger partial charge in [-0.15, -0.1) is 0 Å². The van der Waals surface area contributed by atoms with E-state index in [0.717, 1.165) is 10.7 Å². The fourth-order valence-corrected chi connectivity index (χ4v) is 3.95. The Morgan fingerprint density at radius 3 is 2.69 bits per heavy atom. The van der Waals surface area contributed by atoms with Crippen LogP contribution in [0.25, 0.3) is 11.1 Å². The lowest BCUT2D eigenvalue weighted by Gasteiger charge is -2.31. The molecule has 3 aromatic rings. The van der Waals surface area contributed by atoms with Crippen molar-refractivity contribution in [2.45, 2.75) is 44.7 Å². The van der Waals surface area contributed by atoms with E-state index < -0.39 is 23.6 Å². The summed E-state index contributed by atoms with van der Waals surface area (Å²) in [4.78, 5) is 30.2. The smallest absolute Gasteiger partial charge is 0.337 e. The molecule has 0 aromatic carbocycles. The number of amides is 1. The van der Waals surface area contributed by atoms with Gasteiger partial charge in [-0.25, -0.2) is 9.67 Å². The molecule has 1 unspecified atom stereocenters. The molecule has 0 bridgehead atoms. The molecule has 0 aliphatic carbocycles. The Kier molecular flexibility index (Phi) is 5.51. The first-order valence-electron chi connectivity index (χ1n) is 10.3. The summed E-state index contributed by atoms with van der Waals surface area (Å²) in [5.41, 5.74) is -0.806. The van der Waals surface area contributed by atoms with Crippen LogP contribution < -0.4 is 5.56 Å². The van der Waals surface area contributed by atoms with E-state index in [1.54, 1.807) is 13.8 Å². The van der Waals surface area contributed by atoms with Crippen LogP contribution in [0.3, 0.4) is 0 Å². The molecular weight excluding hydrogens is 427 g/mol. The van der Waals surface area contributed by atoms with Crippen molar-refractivity contribution in [3.8, 4) is 0 Å². The Hall–Kier alpha value is -3.24. The van der Waals surface area contributed by atoms with Gasteiger partial charge in [0.25, 0.3) is 17.2 Å². The quantitative estimate of drug-likeness (QED) is 0.608. The van der Waals surface area contributed by atoms with E-state index in [1.807, 2.05) is 0 Å². The molecule has 0 spiro atoms. The number of aromatic nitrogens is 4. The zero-order valence-corrected chi connectivity index (χ0v) is 17.8. The van der Waals surface area contributed by atoms with Crippen molar-refractivity contribution < 1.29 is 22.5 Å². The van der Waals surface area contributed by atoms with E-state index in [0.29, 0.717) is 19.4 Å². The van der Waals surface area contributed by atoms with Gasteiger partial charge >= 0.3 is 6.18 Å². The van der Waals surface area contributed by atoms with E-state index in [2.05, 4.69) is 15.2 Å². The molecule has 0 N–H and O–H groups in total. The lowest BCUT2D eigenvalue weighted by atomic mass is 9.91. The summed E-state index contributed by atoms with van der Waals surface area (Å²) < 4.78 is 47.9. The number of hydrogen-bond donors (Lipinski definition) is 0. The van der Waals surface area contributed by atoms with Gasteiger partial charge in [-0.1, -0.05) is 19.0 Å². The normalized spacial score (nSPS) is 17.3. The van der Waals surface area contributed by atoms with Crippen molar-refractivity contribution in [3.63, 3.8) is 0 Å². The number of halogens is 3. The molecule has 1 atom stereocenters. The van der Waals surface area contributed by atoms with Gasteiger partial charge in [0.1, 0.15) is 5.69 Å². The molecule has 4 heterocycles. The van der Waals surface area contributed by atoms with Crippen LogP contribution in [0.4, 0.5) is 13.2 Å². The number of piperidine rings is 1. The van der Waals surface area contributed by atoms with Crippen LogP contribution in [0, 0.1) is 0 Å². The summed E-state index contributed by atoms with van der Waals surface area (Å²) in [7, 11) is 1.44. The van der Waals surface area contributed by atoms with Crippen molar-refractivity contribution in [2.24, 2.45) is 7.05 Å². The molecule has 32 heavy (non-hydrogen) atoms. The summed E-state index contributed by atoms with van der Waals surface area (Å²) in [6, 6.07) is 3.65. The summed E-state index contributed by atoms with van der Waals surface area (Å²) in [6.45, 7) is 4.10. The second-order valence-corrected chi connectivity index (χ2v) is 8.27. The third kappa shape index (κ3) is 3.98. The number of hydrogen-bond acceptors (Lipinski definition) is 6. The van der Waals surface area contributed by atoms with Crippen molar-refractivity contribution in [2.75, 3.05) is 13.1 Å². The Morgan fingerprint density at radius 1 is 1.28 bits per heavy atom. The molecule has 1 saturated heterocycles. The number of fused-ring (bicyclic) bond motifs is 1. The van der Waals surface area contributed by atoms with Crippen LogP contribution in [0.2, 0.25) is 0 Å². The zero-order valence-electron chi connectivity index (χ0n) is 17.8. The highest BCUT2D eigenvalue weighted by atomic mass is 19.4. The van der Waals surface area contributed by atoms with E-state index in [9.17, 15) is 22.8 Å². The Balaban J connectivity index is 1.70. The summed E-state index contributed by atoms with van der Waals surface area (Å²) >= 11 is 0. The maximum absolute atomic E-state index is 13.9. The predicted octanol–water partition coefficient (Wildman–Crippen LogP) is 3.48. The van der Waals surface area contributed by atoms with Gasteiger partial charge in [0.05, 0.1) is 16.6 Å². The van der Waals surface area contributed by atoms with Crippen LogP contribution in [0.5, 0.6) is 0 Å². The summed E-state index contributed by atoms with van der Waals surface area (Å²) in [6.07, 6.45) is -3.47. The number of carbonyl (C=O) groups excluding carboxylic acids is 1. The molecule has 4 rings (SSSR count). The van der Waals surface area contributed by atoms with E-state index >= 15 is 0 Å². The molecule has 1 amide bonds. The van der Waals surface area contributed by atoms with Crippen LogP contribution in [-0.4, -0.2) is 43.8 Å². The average Bonchev–Trinajstić information content (AvgIpc) is 3.18. The highest BCUT2D eigenvalue weighted by Crippen LogP contribution is 2.40. The standard InChI is InChI=1S/C21H22F3N5O3/c1-11(2)15-9-13(21(22,23)24)17-18(27-32-19(17)25-15)12-5-4-8-29(10-12)20(31)14-6-7-16(30)28(3)26-14/h6-7,9,11-12H,4-5,8,10H2,1-3H3. The second kappa shape index (κ2) is 8.03. The largest absolute Gasteiger partial charge is 0.417 e. The highest BCUT2D eigenvalue weighted by Gasteiger charge is 2.38. The number of aryl methyl sites for hydroxylation is 1. The first-order chi connectivity index (χ1) is 15.1. The predicted molar refractivity (Wildman–Crippen MR) is 108 cm³/mol. The molecule has 11 heteroatoms. The lowest BCUT2D eigenvalue weighted by molar-refractivity contribution is -0.136. The Labute approximate surface area is 181 Å². The molecule has 0 saturated carbocycles. The van der Waals surface area contributed by atoms with E-state index in [-0.39, 0.29) is 46.2 Å². The molecule has 170 valence electrons. The number of alkyl halides is 3. The van der Waals surface area contributed by atoms with Crippen LogP contribution >= 0.6 is 0 Å². The topological polar surface area (TPSA) is 94.1 Å². The van der Waals surface area contributed by atoms with Gasteiger partial charge in [0, 0.05) is 37.8 Å². The lowest BCUT2D eigenvalue weighted by Crippen LogP contribution is -2.40. The van der Waals surface area contributed by atoms with Crippen molar-refractivity contribution >= 4 is 17.0 Å². The maximum Gasteiger partial charge on any atom is 0.417 e. The van der Waals surface area contributed by atoms with Gasteiger partial charge in [0.2, 0.25) is 0 Å². The van der Waals surface area contributed by atoms with E-state index in [4.69, 9.17) is 4.52 Å². The number of rotatable bonds is 3. The van der Waals surface area contributed by atoms with Gasteiger partial charge in [-0.3, -0.25) is 9.59 Å². The van der Waals surface area contributed by atoms with Crippen LogP contribution in [0.15, 0.2) is 27.5 Å². The molecule has 1 aliphatic rings. The number of carbonyl (C=O) groups is 1. The summed E-state index contributed by atoms with van der Waals surface area (Å²) in [5, 5.41) is 7.78. The third-order valence-corrected chi connectivity index (χ3v) is 5.66. The molecular formula is C21H22F3N5O3. The van der Waals surface area contributed by atoms with Gasteiger partial charge in [-0.05, 0) is 30.9 Å². The molecule has 0 radical (unpaired) electrons. The van der Waals surface area contributed by atoms with Gasteiger partial charge in [-0.2, -0.15) is 18.3 Å². The Morgan fingerprint density at radius 2 is 2.03 bits per heavy atom. The highest BCUT2D eigenvalue weighted by molar-refractivity contribution is 5.92. The SMILES string of the molecule is CC(C)c1cc(C(F)(F)F)c2c(C3CCCN(C(=O)c4ccc(=O)n(C)n4)C3)noc2n1. The van der Waals surface area contributed by atoms with Crippen LogP contribution in [0.1, 0.15) is 66.0 Å². The molecule has 1 aliphatic heterocycles. The van der Waals surface area contributed by atoms with E-state index in [1.165, 1.54) is 24.1 Å². The van der Waals surface area contributed by atoms with Crippen molar-refractivity contribution in [1.82, 2.24) is 24.8 Å². The fourth-order valence-electron chi connectivity index (χ4n) is 3.95. The molecule has 1 fully saturated rings. The minimum Gasteiger partial charge on any atom is -0.337 e. The molecule has 3 aromatic heterocycles. The van der Waals surface area contributed by atoms with Gasteiger partial charge in [0.15, 0.2) is 0 Å². The first-order valence-corrected chi connectivity index (χ1v) is 10.3. The monoisotopic (exact) mass is 449 g/mol. The molecule has 8 nitrogen and oxygen atoms in total. The first kappa shape index (κ1) is 22.0. The number of pyridine rings is 1. The average molecular weight is 449 g/mol. The Bertz CT molecular complexity index is 1230. The van der Waals surface area contributed by atoms with Crippen molar-refractivity contribution in [1.29, 1.82) is 0 Å². The zero-order chi connectivity index (χ0) is 23.2. The van der Waals surface area contributed by atoms with Crippen molar-refractivity contribution in [3.05, 3.63) is 51.2 Å². The minimum absolute atomic E-state index is 0.0944. The third-order valence-electron chi connectivity index (χ3n) is 5.66. The minimum atomic E-state index is -4.60. The number of nitrogens with zero attached hydrogens (tertiary/aromatic N) is 5. The number of likely N-dealkylation sites (tertiary alicyclic amines) is 1.